The second-order valence-electron chi connectivity index (χ2n) is 3.85. The minimum Gasteiger partial charge on any atom is -0.393 e. The van der Waals surface area contributed by atoms with Gasteiger partial charge in [0.1, 0.15) is 12.2 Å². The van der Waals surface area contributed by atoms with E-state index in [4.69, 9.17) is 0 Å². The summed E-state index contributed by atoms with van der Waals surface area (Å²) in [5.41, 5.74) is 0. The van der Waals surface area contributed by atoms with Crippen molar-refractivity contribution in [2.24, 2.45) is 0 Å². The van der Waals surface area contributed by atoms with Crippen molar-refractivity contribution in [1.29, 1.82) is 0 Å². The average Bonchev–Trinajstić information content (AvgIpc) is 2.62. The summed E-state index contributed by atoms with van der Waals surface area (Å²) in [6.45, 7) is 4.12. The molecular formula is C10H19N3OS. The lowest BCUT2D eigenvalue weighted by Crippen LogP contribution is -2.17. The molecule has 0 aromatic carbocycles. The third kappa shape index (κ3) is 3.83. The molecule has 1 aromatic heterocycles. The van der Waals surface area contributed by atoms with Gasteiger partial charge in [0.05, 0.1) is 6.10 Å². The highest BCUT2D eigenvalue weighted by Gasteiger charge is 2.12. The summed E-state index contributed by atoms with van der Waals surface area (Å²) in [5.74, 6) is 1.86. The van der Waals surface area contributed by atoms with Crippen LogP contribution in [-0.2, 0) is 6.42 Å². The van der Waals surface area contributed by atoms with E-state index < -0.39 is 0 Å². The normalized spacial score (nSPS) is 13.4. The molecule has 15 heavy (non-hydrogen) atoms. The van der Waals surface area contributed by atoms with Crippen molar-refractivity contribution in [3.05, 3.63) is 12.2 Å². The van der Waals surface area contributed by atoms with E-state index in [0.29, 0.717) is 12.5 Å². The molecule has 86 valence electrons. The first-order valence-electron chi connectivity index (χ1n) is 5.20. The molecule has 1 N–H and O–H groups in total. The van der Waals surface area contributed by atoms with Crippen LogP contribution in [0, 0.1) is 0 Å². The van der Waals surface area contributed by atoms with Gasteiger partial charge >= 0.3 is 0 Å². The molecule has 0 aliphatic rings. The fourth-order valence-corrected chi connectivity index (χ4v) is 1.93. The van der Waals surface area contributed by atoms with Gasteiger partial charge in [-0.3, -0.25) is 0 Å². The van der Waals surface area contributed by atoms with Crippen molar-refractivity contribution in [2.75, 3.05) is 12.0 Å². The summed E-state index contributed by atoms with van der Waals surface area (Å²) in [6.07, 6.45) is 4.70. The van der Waals surface area contributed by atoms with Crippen LogP contribution < -0.4 is 0 Å². The van der Waals surface area contributed by atoms with Crippen molar-refractivity contribution in [2.45, 2.75) is 38.8 Å². The number of nitrogens with zero attached hydrogens (tertiary/aromatic N) is 3. The summed E-state index contributed by atoms with van der Waals surface area (Å²) < 4.78 is 1.86. The molecule has 0 saturated heterocycles. The number of aliphatic hydroxyl groups excluding tert-OH is 1. The summed E-state index contributed by atoms with van der Waals surface area (Å²) in [7, 11) is 0. The molecule has 0 amide bonds. The van der Waals surface area contributed by atoms with Gasteiger partial charge in [-0.25, -0.2) is 9.67 Å². The van der Waals surface area contributed by atoms with Gasteiger partial charge < -0.3 is 5.11 Å². The van der Waals surface area contributed by atoms with E-state index in [0.717, 1.165) is 18.0 Å². The predicted octanol–water partition coefficient (Wildman–Crippen LogP) is 1.52. The lowest BCUT2D eigenvalue weighted by molar-refractivity contribution is 0.167. The number of hydrogen-bond acceptors (Lipinski definition) is 4. The Morgan fingerprint density at radius 3 is 2.87 bits per heavy atom. The van der Waals surface area contributed by atoms with Gasteiger partial charge in [-0.2, -0.15) is 16.9 Å². The lowest BCUT2D eigenvalue weighted by atomic mass is 10.2. The van der Waals surface area contributed by atoms with Gasteiger partial charge in [-0.15, -0.1) is 0 Å². The molecule has 0 aliphatic heterocycles. The first-order chi connectivity index (χ1) is 7.15. The van der Waals surface area contributed by atoms with Crippen LogP contribution in [0.4, 0.5) is 0 Å². The van der Waals surface area contributed by atoms with E-state index in [9.17, 15) is 5.11 Å². The van der Waals surface area contributed by atoms with E-state index in [-0.39, 0.29) is 6.10 Å². The maximum absolute atomic E-state index is 9.76. The third-order valence-electron chi connectivity index (χ3n) is 2.21. The predicted molar refractivity (Wildman–Crippen MR) is 63.1 cm³/mol. The zero-order chi connectivity index (χ0) is 11.3. The van der Waals surface area contributed by atoms with Gasteiger partial charge in [0.25, 0.3) is 0 Å². The zero-order valence-electron chi connectivity index (χ0n) is 9.55. The second kappa shape index (κ2) is 6.12. The fourth-order valence-electron chi connectivity index (χ4n) is 1.42. The first kappa shape index (κ1) is 12.5. The first-order valence-corrected chi connectivity index (χ1v) is 6.60. The second-order valence-corrected chi connectivity index (χ2v) is 4.84. The standard InChI is InChI=1S/C10H19N3OS/c1-8(2)13-10(11-7-12-13)6-9(14)4-5-15-3/h7-9,14H,4-6H2,1-3H3. The number of rotatable bonds is 6. The van der Waals surface area contributed by atoms with E-state index in [1.807, 2.05) is 10.9 Å². The summed E-state index contributed by atoms with van der Waals surface area (Å²) in [6, 6.07) is 0.301. The molecule has 0 saturated carbocycles. The monoisotopic (exact) mass is 229 g/mol. The van der Waals surface area contributed by atoms with Crippen LogP contribution >= 0.6 is 11.8 Å². The molecule has 1 atom stereocenters. The maximum Gasteiger partial charge on any atom is 0.138 e. The minimum absolute atomic E-state index is 0.301. The van der Waals surface area contributed by atoms with Crippen LogP contribution in [0.2, 0.25) is 0 Å². The van der Waals surface area contributed by atoms with Crippen LogP contribution in [0.15, 0.2) is 6.33 Å². The molecule has 0 bridgehead atoms. The third-order valence-corrected chi connectivity index (χ3v) is 2.85. The van der Waals surface area contributed by atoms with Gasteiger partial charge in [-0.1, -0.05) is 0 Å². The van der Waals surface area contributed by atoms with E-state index in [1.165, 1.54) is 0 Å². The van der Waals surface area contributed by atoms with Crippen molar-refractivity contribution >= 4 is 11.8 Å². The molecule has 0 spiro atoms. The number of thioether (sulfide) groups is 1. The minimum atomic E-state index is -0.306. The van der Waals surface area contributed by atoms with Crippen molar-refractivity contribution < 1.29 is 5.11 Å². The van der Waals surface area contributed by atoms with Crippen molar-refractivity contribution in [3.8, 4) is 0 Å². The average molecular weight is 229 g/mol. The fraction of sp³-hybridized carbons (Fsp3) is 0.800. The molecule has 4 nitrogen and oxygen atoms in total. The molecule has 0 radical (unpaired) electrons. The number of aliphatic hydroxyl groups is 1. The molecular weight excluding hydrogens is 210 g/mol. The van der Waals surface area contributed by atoms with Crippen LogP contribution in [0.5, 0.6) is 0 Å². The Bertz CT molecular complexity index is 288. The SMILES string of the molecule is CSCCC(O)Cc1ncnn1C(C)C. The molecule has 0 aliphatic carbocycles. The number of aromatic nitrogens is 3. The van der Waals surface area contributed by atoms with Crippen LogP contribution in [0.25, 0.3) is 0 Å². The Labute approximate surface area is 95.1 Å². The van der Waals surface area contributed by atoms with Gasteiger partial charge in [0.15, 0.2) is 0 Å². The van der Waals surface area contributed by atoms with Crippen molar-refractivity contribution in [3.63, 3.8) is 0 Å². The highest BCUT2D eigenvalue weighted by Crippen LogP contribution is 2.10. The Balaban J connectivity index is 2.52. The molecule has 0 fully saturated rings. The van der Waals surface area contributed by atoms with E-state index >= 15 is 0 Å². The van der Waals surface area contributed by atoms with Gasteiger partial charge in [-0.05, 0) is 32.3 Å². The summed E-state index contributed by atoms with van der Waals surface area (Å²) >= 11 is 1.75. The summed E-state index contributed by atoms with van der Waals surface area (Å²) in [4.78, 5) is 4.17. The Kier molecular flexibility index (Phi) is 5.11. The highest BCUT2D eigenvalue weighted by atomic mass is 32.2. The number of hydrogen-bond donors (Lipinski definition) is 1. The zero-order valence-corrected chi connectivity index (χ0v) is 10.4. The Morgan fingerprint density at radius 2 is 2.27 bits per heavy atom. The topological polar surface area (TPSA) is 50.9 Å². The van der Waals surface area contributed by atoms with Crippen LogP contribution in [-0.4, -0.2) is 38.0 Å². The van der Waals surface area contributed by atoms with E-state index in [2.05, 4.69) is 23.9 Å². The molecule has 5 heteroatoms. The molecule has 1 aromatic rings. The maximum atomic E-state index is 9.76. The van der Waals surface area contributed by atoms with Crippen molar-refractivity contribution in [1.82, 2.24) is 14.8 Å². The van der Waals surface area contributed by atoms with Gasteiger partial charge in [0.2, 0.25) is 0 Å². The smallest absolute Gasteiger partial charge is 0.138 e. The van der Waals surface area contributed by atoms with Crippen LogP contribution in [0.3, 0.4) is 0 Å². The van der Waals surface area contributed by atoms with Gasteiger partial charge in [0, 0.05) is 12.5 Å². The Morgan fingerprint density at radius 1 is 1.53 bits per heavy atom. The van der Waals surface area contributed by atoms with E-state index in [1.54, 1.807) is 18.1 Å². The summed E-state index contributed by atoms with van der Waals surface area (Å²) in [5, 5.41) is 13.9. The largest absolute Gasteiger partial charge is 0.393 e. The molecule has 1 unspecified atom stereocenters. The quantitative estimate of drug-likeness (QED) is 0.803. The van der Waals surface area contributed by atoms with Crippen LogP contribution in [0.1, 0.15) is 32.1 Å². The molecule has 1 heterocycles. The highest BCUT2D eigenvalue weighted by molar-refractivity contribution is 7.98. The molecule has 1 rings (SSSR count). The Hall–Kier alpha value is -0.550. The lowest BCUT2D eigenvalue weighted by Gasteiger charge is -2.12.